The zero-order valence-electron chi connectivity index (χ0n) is 15.3. The molecule has 4 rings (SSSR count). The summed E-state index contributed by atoms with van der Waals surface area (Å²) in [4.78, 5) is 21.4. The average molecular weight is 395 g/mol. The highest BCUT2D eigenvalue weighted by atomic mass is 19.3. The van der Waals surface area contributed by atoms with Crippen LogP contribution in [0.2, 0.25) is 0 Å². The van der Waals surface area contributed by atoms with Crippen LogP contribution in [0.1, 0.15) is 23.6 Å². The number of hydrogen-bond acceptors (Lipinski definition) is 6. The van der Waals surface area contributed by atoms with Crippen molar-refractivity contribution in [3.05, 3.63) is 82.4 Å². The van der Waals surface area contributed by atoms with Gasteiger partial charge in [0.05, 0.1) is 17.8 Å². The number of aromatic nitrogens is 5. The molecular weight excluding hydrogens is 380 g/mol. The SMILES string of the molecule is Cc1cnc(-c2ccccc2)n(Cc2ccc(-c3nnc(C(F)F)o3)cn2)c1=O. The summed E-state index contributed by atoms with van der Waals surface area (Å²) >= 11 is 0. The van der Waals surface area contributed by atoms with Crippen molar-refractivity contribution in [1.82, 2.24) is 24.7 Å². The predicted octanol–water partition coefficient (Wildman–Crippen LogP) is 3.65. The molecule has 0 N–H and O–H groups in total. The summed E-state index contributed by atoms with van der Waals surface area (Å²) in [6.07, 6.45) is 0.156. The van der Waals surface area contributed by atoms with E-state index in [1.54, 1.807) is 29.8 Å². The third-order valence-electron chi connectivity index (χ3n) is 4.27. The molecule has 0 aliphatic rings. The van der Waals surface area contributed by atoms with Crippen molar-refractivity contribution < 1.29 is 13.2 Å². The van der Waals surface area contributed by atoms with E-state index in [9.17, 15) is 13.6 Å². The fourth-order valence-electron chi connectivity index (χ4n) is 2.80. The van der Waals surface area contributed by atoms with Gasteiger partial charge in [0.2, 0.25) is 5.89 Å². The van der Waals surface area contributed by atoms with Crippen LogP contribution in [0, 0.1) is 6.92 Å². The van der Waals surface area contributed by atoms with Crippen molar-refractivity contribution >= 4 is 0 Å². The third-order valence-corrected chi connectivity index (χ3v) is 4.27. The first kappa shape index (κ1) is 18.6. The number of hydrogen-bond donors (Lipinski definition) is 0. The maximum absolute atomic E-state index is 12.7. The lowest BCUT2D eigenvalue weighted by Gasteiger charge is -2.12. The number of nitrogens with zero attached hydrogens (tertiary/aromatic N) is 5. The van der Waals surface area contributed by atoms with Gasteiger partial charge in [0.25, 0.3) is 11.4 Å². The molecule has 0 aliphatic heterocycles. The molecule has 1 aromatic carbocycles. The van der Waals surface area contributed by atoms with Crippen LogP contribution in [0.4, 0.5) is 8.78 Å². The molecule has 7 nitrogen and oxygen atoms in total. The Bertz CT molecular complexity index is 1190. The molecule has 0 amide bonds. The van der Waals surface area contributed by atoms with Crippen molar-refractivity contribution in [2.24, 2.45) is 0 Å². The number of pyridine rings is 1. The molecule has 0 radical (unpaired) electrons. The smallest absolute Gasteiger partial charge is 0.314 e. The van der Waals surface area contributed by atoms with E-state index in [2.05, 4.69) is 20.2 Å². The Morgan fingerprint density at radius 2 is 1.79 bits per heavy atom. The summed E-state index contributed by atoms with van der Waals surface area (Å²) < 4.78 is 31.7. The van der Waals surface area contributed by atoms with Crippen LogP contribution < -0.4 is 5.56 Å². The maximum atomic E-state index is 12.7. The lowest BCUT2D eigenvalue weighted by atomic mass is 10.2. The van der Waals surface area contributed by atoms with Gasteiger partial charge in [0.1, 0.15) is 5.82 Å². The van der Waals surface area contributed by atoms with Crippen LogP contribution in [0.15, 0.2) is 64.1 Å². The van der Waals surface area contributed by atoms with E-state index in [4.69, 9.17) is 4.42 Å². The Hall–Kier alpha value is -3.75. The van der Waals surface area contributed by atoms with E-state index < -0.39 is 12.3 Å². The summed E-state index contributed by atoms with van der Waals surface area (Å²) in [5, 5.41) is 6.90. The predicted molar refractivity (Wildman–Crippen MR) is 100 cm³/mol. The molecule has 0 bridgehead atoms. The molecule has 146 valence electrons. The lowest BCUT2D eigenvalue weighted by molar-refractivity contribution is 0.116. The first-order chi connectivity index (χ1) is 14.0. The Kier molecular flexibility index (Phi) is 4.94. The number of halogens is 2. The molecule has 9 heteroatoms. The van der Waals surface area contributed by atoms with Crippen molar-refractivity contribution in [1.29, 1.82) is 0 Å². The molecule has 3 aromatic heterocycles. The summed E-state index contributed by atoms with van der Waals surface area (Å²) in [7, 11) is 0. The molecule has 3 heterocycles. The normalized spacial score (nSPS) is 11.2. The van der Waals surface area contributed by atoms with E-state index in [0.29, 0.717) is 22.6 Å². The fraction of sp³-hybridized carbons (Fsp3) is 0.150. The topological polar surface area (TPSA) is 86.7 Å². The van der Waals surface area contributed by atoms with E-state index in [1.165, 1.54) is 6.20 Å². The largest absolute Gasteiger partial charge is 0.415 e. The highest BCUT2D eigenvalue weighted by molar-refractivity contribution is 5.55. The standard InChI is InChI=1S/C20H15F2N5O2/c1-12-9-24-17(13-5-3-2-4-6-13)27(20(12)28)11-15-8-7-14(10-23-15)18-25-26-19(29-18)16(21)22/h2-10,16H,11H2,1H3. The molecule has 0 spiro atoms. The molecular formula is C20H15F2N5O2. The Morgan fingerprint density at radius 1 is 1.00 bits per heavy atom. The van der Waals surface area contributed by atoms with Crippen LogP contribution in [0.3, 0.4) is 0 Å². The van der Waals surface area contributed by atoms with Crippen molar-refractivity contribution in [2.75, 3.05) is 0 Å². The molecule has 4 aromatic rings. The number of rotatable bonds is 5. The summed E-state index contributed by atoms with van der Waals surface area (Å²) in [5.74, 6) is -0.252. The van der Waals surface area contributed by atoms with Gasteiger partial charge in [-0.1, -0.05) is 30.3 Å². The summed E-state index contributed by atoms with van der Waals surface area (Å²) in [6.45, 7) is 1.90. The highest BCUT2D eigenvalue weighted by Gasteiger charge is 2.17. The zero-order valence-corrected chi connectivity index (χ0v) is 15.3. The minimum absolute atomic E-state index is 0.0429. The summed E-state index contributed by atoms with van der Waals surface area (Å²) in [5.41, 5.74) is 2.17. The third kappa shape index (κ3) is 3.79. The van der Waals surface area contributed by atoms with Crippen LogP contribution in [0.5, 0.6) is 0 Å². The van der Waals surface area contributed by atoms with E-state index in [-0.39, 0.29) is 18.0 Å². The van der Waals surface area contributed by atoms with Gasteiger partial charge in [-0.2, -0.15) is 8.78 Å². The quantitative estimate of drug-likeness (QED) is 0.513. The van der Waals surface area contributed by atoms with Gasteiger partial charge >= 0.3 is 6.43 Å². The Balaban J connectivity index is 1.66. The molecule has 0 aliphatic carbocycles. The number of alkyl halides is 2. The monoisotopic (exact) mass is 395 g/mol. The molecule has 0 fully saturated rings. The second-order valence-corrected chi connectivity index (χ2v) is 6.31. The van der Waals surface area contributed by atoms with Gasteiger partial charge < -0.3 is 4.42 Å². The van der Waals surface area contributed by atoms with Gasteiger partial charge in [-0.05, 0) is 19.1 Å². The Labute approximate surface area is 163 Å². The molecule has 0 saturated heterocycles. The van der Waals surface area contributed by atoms with E-state index >= 15 is 0 Å². The Morgan fingerprint density at radius 3 is 2.45 bits per heavy atom. The highest BCUT2D eigenvalue weighted by Crippen LogP contribution is 2.23. The lowest BCUT2D eigenvalue weighted by Crippen LogP contribution is -2.25. The van der Waals surface area contributed by atoms with Crippen molar-refractivity contribution in [3.8, 4) is 22.8 Å². The average Bonchev–Trinajstić information content (AvgIpc) is 3.23. The van der Waals surface area contributed by atoms with Crippen LogP contribution >= 0.6 is 0 Å². The minimum Gasteiger partial charge on any atom is -0.415 e. The van der Waals surface area contributed by atoms with Crippen LogP contribution in [-0.4, -0.2) is 24.7 Å². The first-order valence-electron chi connectivity index (χ1n) is 8.71. The van der Waals surface area contributed by atoms with Crippen LogP contribution in [0.25, 0.3) is 22.8 Å². The summed E-state index contributed by atoms with van der Waals surface area (Å²) in [6, 6.07) is 12.7. The molecule has 0 atom stereocenters. The molecule has 29 heavy (non-hydrogen) atoms. The number of aryl methyl sites for hydroxylation is 1. The zero-order chi connectivity index (χ0) is 20.4. The second-order valence-electron chi connectivity index (χ2n) is 6.31. The van der Waals surface area contributed by atoms with Gasteiger partial charge in [0.15, 0.2) is 0 Å². The number of benzene rings is 1. The van der Waals surface area contributed by atoms with Gasteiger partial charge in [0, 0.05) is 23.5 Å². The van der Waals surface area contributed by atoms with E-state index in [0.717, 1.165) is 5.56 Å². The molecule has 0 unspecified atom stereocenters. The van der Waals surface area contributed by atoms with Gasteiger partial charge in [-0.25, -0.2) is 4.98 Å². The second kappa shape index (κ2) is 7.70. The maximum Gasteiger partial charge on any atom is 0.314 e. The first-order valence-corrected chi connectivity index (χ1v) is 8.71. The van der Waals surface area contributed by atoms with E-state index in [1.807, 2.05) is 30.3 Å². The minimum atomic E-state index is -2.83. The fourth-order valence-corrected chi connectivity index (χ4v) is 2.80. The van der Waals surface area contributed by atoms with Crippen LogP contribution in [-0.2, 0) is 6.54 Å². The van der Waals surface area contributed by atoms with Gasteiger partial charge in [-0.3, -0.25) is 14.3 Å². The van der Waals surface area contributed by atoms with Crippen molar-refractivity contribution in [2.45, 2.75) is 19.9 Å². The molecule has 0 saturated carbocycles. The van der Waals surface area contributed by atoms with Crippen molar-refractivity contribution in [3.63, 3.8) is 0 Å². The van der Waals surface area contributed by atoms with Gasteiger partial charge in [-0.15, -0.1) is 10.2 Å².